The van der Waals surface area contributed by atoms with Crippen LogP contribution in [-0.2, 0) is 5.41 Å². The molecule has 0 aromatic heterocycles. The van der Waals surface area contributed by atoms with Gasteiger partial charge in [0.05, 0.1) is 6.61 Å². The molecule has 1 rings (SSSR count). The molecule has 2 N–H and O–H groups in total. The molecular formula is C18H31NO. The first-order chi connectivity index (χ1) is 9.57. The van der Waals surface area contributed by atoms with Crippen LogP contribution in [0, 0.1) is 5.92 Å². The van der Waals surface area contributed by atoms with Crippen LogP contribution in [-0.4, -0.2) is 13.2 Å². The highest BCUT2D eigenvalue weighted by Crippen LogP contribution is 2.34. The second-order valence-corrected chi connectivity index (χ2v) is 6.21. The molecular weight excluding hydrogens is 246 g/mol. The Labute approximate surface area is 124 Å². The van der Waals surface area contributed by atoms with Crippen molar-refractivity contribution in [2.75, 3.05) is 13.2 Å². The lowest BCUT2D eigenvalue weighted by Crippen LogP contribution is -2.35. The Hall–Kier alpha value is -1.02. The number of rotatable bonds is 9. The summed E-state index contributed by atoms with van der Waals surface area (Å²) >= 11 is 0. The van der Waals surface area contributed by atoms with Gasteiger partial charge in [-0.2, -0.15) is 0 Å². The quantitative estimate of drug-likeness (QED) is 0.720. The SMILES string of the molecule is CCCC(CN)(CCC)c1ccc(OCC(C)C)cc1. The standard InChI is InChI=1S/C18H31NO/c1-5-11-18(14-19,12-6-2)16-7-9-17(10-8-16)20-13-15(3)4/h7-10,15H,5-6,11-14,19H2,1-4H3. The first-order valence-electron chi connectivity index (χ1n) is 8.01. The molecule has 0 fully saturated rings. The lowest BCUT2D eigenvalue weighted by atomic mass is 9.73. The number of nitrogens with two attached hydrogens (primary N) is 1. The summed E-state index contributed by atoms with van der Waals surface area (Å²) in [6.07, 6.45) is 4.65. The first-order valence-corrected chi connectivity index (χ1v) is 8.01. The Morgan fingerprint density at radius 1 is 1.05 bits per heavy atom. The molecule has 0 saturated heterocycles. The topological polar surface area (TPSA) is 35.2 Å². The summed E-state index contributed by atoms with van der Waals surface area (Å²) in [5.41, 5.74) is 7.62. The predicted molar refractivity (Wildman–Crippen MR) is 87.3 cm³/mol. The summed E-state index contributed by atoms with van der Waals surface area (Å²) < 4.78 is 5.76. The molecule has 0 atom stereocenters. The zero-order valence-corrected chi connectivity index (χ0v) is 13.6. The Bertz CT molecular complexity index is 364. The summed E-state index contributed by atoms with van der Waals surface area (Å²) in [6.45, 7) is 10.3. The van der Waals surface area contributed by atoms with Crippen molar-refractivity contribution in [2.45, 2.75) is 58.8 Å². The van der Waals surface area contributed by atoms with E-state index in [2.05, 4.69) is 52.0 Å². The van der Waals surface area contributed by atoms with Gasteiger partial charge in [0.1, 0.15) is 5.75 Å². The van der Waals surface area contributed by atoms with Crippen LogP contribution in [0.5, 0.6) is 5.75 Å². The summed E-state index contributed by atoms with van der Waals surface area (Å²) in [5, 5.41) is 0. The van der Waals surface area contributed by atoms with E-state index in [9.17, 15) is 0 Å². The van der Waals surface area contributed by atoms with Crippen LogP contribution in [0.2, 0.25) is 0 Å². The normalized spacial score (nSPS) is 11.9. The summed E-state index contributed by atoms with van der Waals surface area (Å²) in [5.74, 6) is 1.51. The zero-order valence-electron chi connectivity index (χ0n) is 13.6. The third-order valence-electron chi connectivity index (χ3n) is 3.90. The van der Waals surface area contributed by atoms with E-state index in [1.807, 2.05) is 0 Å². The molecule has 1 aromatic rings. The lowest BCUT2D eigenvalue weighted by Gasteiger charge is -2.33. The van der Waals surface area contributed by atoms with Crippen LogP contribution in [0.3, 0.4) is 0 Å². The van der Waals surface area contributed by atoms with Gasteiger partial charge in [0.2, 0.25) is 0 Å². The Morgan fingerprint density at radius 3 is 2.00 bits per heavy atom. The maximum absolute atomic E-state index is 6.12. The van der Waals surface area contributed by atoms with Gasteiger partial charge in [-0.3, -0.25) is 0 Å². The van der Waals surface area contributed by atoms with Gasteiger partial charge in [0.25, 0.3) is 0 Å². The van der Waals surface area contributed by atoms with Crippen LogP contribution in [0.4, 0.5) is 0 Å². The largest absolute Gasteiger partial charge is 0.493 e. The zero-order chi connectivity index (χ0) is 15.0. The molecule has 2 heteroatoms. The summed E-state index contributed by atoms with van der Waals surface area (Å²) in [7, 11) is 0. The molecule has 0 radical (unpaired) electrons. The maximum atomic E-state index is 6.12. The fraction of sp³-hybridized carbons (Fsp3) is 0.667. The lowest BCUT2D eigenvalue weighted by molar-refractivity contribution is 0.270. The molecule has 0 aliphatic heterocycles. The smallest absolute Gasteiger partial charge is 0.119 e. The number of ether oxygens (including phenoxy) is 1. The second kappa shape index (κ2) is 8.31. The van der Waals surface area contributed by atoms with Gasteiger partial charge in [0, 0.05) is 12.0 Å². The van der Waals surface area contributed by atoms with Crippen molar-refractivity contribution in [3.63, 3.8) is 0 Å². The van der Waals surface area contributed by atoms with Crippen LogP contribution in [0.1, 0.15) is 58.9 Å². The van der Waals surface area contributed by atoms with E-state index in [-0.39, 0.29) is 5.41 Å². The van der Waals surface area contributed by atoms with Crippen molar-refractivity contribution in [1.29, 1.82) is 0 Å². The van der Waals surface area contributed by atoms with E-state index in [1.165, 1.54) is 18.4 Å². The Balaban J connectivity index is 2.86. The monoisotopic (exact) mass is 277 g/mol. The van der Waals surface area contributed by atoms with Crippen molar-refractivity contribution in [3.05, 3.63) is 29.8 Å². The third kappa shape index (κ3) is 4.52. The fourth-order valence-electron chi connectivity index (χ4n) is 2.86. The number of hydrogen-bond donors (Lipinski definition) is 1. The molecule has 0 heterocycles. The number of benzene rings is 1. The summed E-state index contributed by atoms with van der Waals surface area (Å²) in [4.78, 5) is 0. The highest BCUT2D eigenvalue weighted by atomic mass is 16.5. The minimum Gasteiger partial charge on any atom is -0.493 e. The molecule has 2 nitrogen and oxygen atoms in total. The van der Waals surface area contributed by atoms with Gasteiger partial charge in [-0.25, -0.2) is 0 Å². The molecule has 0 aliphatic carbocycles. The Kier molecular flexibility index (Phi) is 7.08. The van der Waals surface area contributed by atoms with Crippen molar-refractivity contribution in [3.8, 4) is 5.75 Å². The first kappa shape index (κ1) is 17.0. The van der Waals surface area contributed by atoms with E-state index in [0.29, 0.717) is 5.92 Å². The average Bonchev–Trinajstić information content (AvgIpc) is 2.45. The molecule has 0 saturated carbocycles. The van der Waals surface area contributed by atoms with Crippen molar-refractivity contribution >= 4 is 0 Å². The van der Waals surface area contributed by atoms with Gasteiger partial charge in [0.15, 0.2) is 0 Å². The van der Waals surface area contributed by atoms with Crippen LogP contribution < -0.4 is 10.5 Å². The van der Waals surface area contributed by atoms with Crippen molar-refractivity contribution < 1.29 is 4.74 Å². The van der Waals surface area contributed by atoms with Gasteiger partial charge in [-0.05, 0) is 36.5 Å². The molecule has 20 heavy (non-hydrogen) atoms. The van der Waals surface area contributed by atoms with Gasteiger partial charge in [-0.15, -0.1) is 0 Å². The molecule has 1 aromatic carbocycles. The van der Waals surface area contributed by atoms with E-state index in [0.717, 1.165) is 31.7 Å². The molecule has 0 spiro atoms. The molecule has 0 unspecified atom stereocenters. The minimum absolute atomic E-state index is 0.139. The summed E-state index contributed by atoms with van der Waals surface area (Å²) in [6, 6.07) is 8.59. The Morgan fingerprint density at radius 2 is 1.60 bits per heavy atom. The molecule has 0 bridgehead atoms. The van der Waals surface area contributed by atoms with Gasteiger partial charge >= 0.3 is 0 Å². The van der Waals surface area contributed by atoms with Crippen LogP contribution >= 0.6 is 0 Å². The van der Waals surface area contributed by atoms with Crippen molar-refractivity contribution in [1.82, 2.24) is 0 Å². The third-order valence-corrected chi connectivity index (χ3v) is 3.90. The predicted octanol–water partition coefficient (Wildman–Crippen LogP) is 4.52. The van der Waals surface area contributed by atoms with E-state index in [4.69, 9.17) is 10.5 Å². The van der Waals surface area contributed by atoms with E-state index < -0.39 is 0 Å². The molecule has 0 amide bonds. The van der Waals surface area contributed by atoms with E-state index in [1.54, 1.807) is 0 Å². The van der Waals surface area contributed by atoms with Crippen LogP contribution in [0.25, 0.3) is 0 Å². The van der Waals surface area contributed by atoms with Gasteiger partial charge < -0.3 is 10.5 Å². The van der Waals surface area contributed by atoms with Crippen LogP contribution in [0.15, 0.2) is 24.3 Å². The highest BCUT2D eigenvalue weighted by Gasteiger charge is 2.28. The van der Waals surface area contributed by atoms with E-state index >= 15 is 0 Å². The van der Waals surface area contributed by atoms with Gasteiger partial charge in [-0.1, -0.05) is 52.7 Å². The van der Waals surface area contributed by atoms with Crippen molar-refractivity contribution in [2.24, 2.45) is 11.7 Å². The maximum Gasteiger partial charge on any atom is 0.119 e. The minimum atomic E-state index is 0.139. The number of hydrogen-bond acceptors (Lipinski definition) is 2. The fourth-order valence-corrected chi connectivity index (χ4v) is 2.86. The average molecular weight is 277 g/mol. The second-order valence-electron chi connectivity index (χ2n) is 6.21. The molecule has 114 valence electrons. The molecule has 0 aliphatic rings. The highest BCUT2D eigenvalue weighted by molar-refractivity contribution is 5.33.